The van der Waals surface area contributed by atoms with Crippen LogP contribution in [0.4, 0.5) is 0 Å². The van der Waals surface area contributed by atoms with E-state index in [2.05, 4.69) is 4.99 Å². The molecule has 1 aromatic rings. The topological polar surface area (TPSA) is 49.7 Å². The minimum absolute atomic E-state index is 0.167. The van der Waals surface area contributed by atoms with E-state index in [1.807, 2.05) is 20.8 Å². The number of thiophene rings is 1. The summed E-state index contributed by atoms with van der Waals surface area (Å²) in [5, 5.41) is 10.6. The third-order valence-corrected chi connectivity index (χ3v) is 2.35. The van der Waals surface area contributed by atoms with E-state index in [-0.39, 0.29) is 5.54 Å². The van der Waals surface area contributed by atoms with Gasteiger partial charge in [0, 0.05) is 6.21 Å². The van der Waals surface area contributed by atoms with Crippen molar-refractivity contribution < 1.29 is 9.90 Å². The lowest BCUT2D eigenvalue weighted by Crippen LogP contribution is -2.10. The predicted molar refractivity (Wildman–Crippen MR) is 58.6 cm³/mol. The van der Waals surface area contributed by atoms with Crippen molar-refractivity contribution in [2.75, 3.05) is 0 Å². The van der Waals surface area contributed by atoms with Gasteiger partial charge in [-0.05, 0) is 32.2 Å². The molecule has 1 aromatic heterocycles. The van der Waals surface area contributed by atoms with Crippen LogP contribution in [0.5, 0.6) is 0 Å². The quantitative estimate of drug-likeness (QED) is 0.764. The lowest BCUT2D eigenvalue weighted by Gasteiger charge is -2.10. The Labute approximate surface area is 87.1 Å². The number of aromatic carboxylic acids is 1. The molecule has 1 heterocycles. The first-order chi connectivity index (χ1) is 6.40. The van der Waals surface area contributed by atoms with Crippen molar-refractivity contribution in [1.82, 2.24) is 0 Å². The van der Waals surface area contributed by atoms with E-state index >= 15 is 0 Å². The highest BCUT2D eigenvalue weighted by atomic mass is 32.1. The van der Waals surface area contributed by atoms with Crippen molar-refractivity contribution in [3.8, 4) is 0 Å². The van der Waals surface area contributed by atoms with Gasteiger partial charge in [-0.25, -0.2) is 4.79 Å². The zero-order valence-corrected chi connectivity index (χ0v) is 9.26. The summed E-state index contributed by atoms with van der Waals surface area (Å²) in [6.07, 6.45) is 1.63. The molecule has 76 valence electrons. The van der Waals surface area contributed by atoms with Gasteiger partial charge in [0.05, 0.1) is 16.0 Å². The Hall–Kier alpha value is -1.16. The second-order valence-corrected chi connectivity index (χ2v) is 4.88. The Bertz CT molecular complexity index is 360. The second-order valence-electron chi connectivity index (χ2n) is 3.93. The molecule has 0 saturated carbocycles. The first-order valence-electron chi connectivity index (χ1n) is 4.26. The van der Waals surface area contributed by atoms with Crippen molar-refractivity contribution in [3.05, 3.63) is 21.9 Å². The lowest BCUT2D eigenvalue weighted by molar-refractivity contribution is 0.0697. The molecule has 0 fully saturated rings. The summed E-state index contributed by atoms with van der Waals surface area (Å²) in [6, 6.07) is 1.59. The predicted octanol–water partition coefficient (Wildman–Crippen LogP) is 2.66. The summed E-state index contributed by atoms with van der Waals surface area (Å²) < 4.78 is 0. The van der Waals surface area contributed by atoms with Crippen LogP contribution in [0.25, 0.3) is 0 Å². The molecular weight excluding hydrogens is 198 g/mol. The minimum atomic E-state index is -0.901. The van der Waals surface area contributed by atoms with Crippen LogP contribution in [-0.2, 0) is 0 Å². The van der Waals surface area contributed by atoms with Crippen LogP contribution in [-0.4, -0.2) is 22.8 Å². The van der Waals surface area contributed by atoms with Crippen LogP contribution < -0.4 is 0 Å². The number of hydrogen-bond donors (Lipinski definition) is 1. The monoisotopic (exact) mass is 211 g/mol. The molecule has 0 aromatic carbocycles. The Kier molecular flexibility index (Phi) is 3.06. The van der Waals surface area contributed by atoms with Crippen LogP contribution in [0.1, 0.15) is 36.0 Å². The van der Waals surface area contributed by atoms with Crippen molar-refractivity contribution >= 4 is 23.5 Å². The molecule has 0 bridgehead atoms. The molecule has 0 aliphatic carbocycles. The van der Waals surface area contributed by atoms with Crippen molar-refractivity contribution in [2.45, 2.75) is 26.3 Å². The molecule has 0 aliphatic heterocycles. The standard InChI is InChI=1S/C10H13NO2S/c1-10(2,3)11-6-8-7(9(12)13)4-5-14-8/h4-6H,1-3H3,(H,12,13). The number of carboxylic acids is 1. The maximum absolute atomic E-state index is 10.8. The third kappa shape index (κ3) is 2.96. The van der Waals surface area contributed by atoms with E-state index in [1.54, 1.807) is 17.7 Å². The average molecular weight is 211 g/mol. The zero-order chi connectivity index (χ0) is 10.8. The largest absolute Gasteiger partial charge is 0.478 e. The molecule has 1 N–H and O–H groups in total. The molecule has 0 radical (unpaired) electrons. The van der Waals surface area contributed by atoms with E-state index in [4.69, 9.17) is 5.11 Å². The molecular formula is C10H13NO2S. The molecule has 0 atom stereocenters. The van der Waals surface area contributed by atoms with E-state index in [0.717, 1.165) is 0 Å². The Balaban J connectivity index is 2.92. The average Bonchev–Trinajstić information content (AvgIpc) is 2.46. The molecule has 14 heavy (non-hydrogen) atoms. The molecule has 0 unspecified atom stereocenters. The van der Waals surface area contributed by atoms with Crippen LogP contribution in [0, 0.1) is 0 Å². The molecule has 0 spiro atoms. The van der Waals surface area contributed by atoms with Gasteiger partial charge in [-0.1, -0.05) is 0 Å². The summed E-state index contributed by atoms with van der Waals surface area (Å²) in [6.45, 7) is 5.91. The van der Waals surface area contributed by atoms with Crippen LogP contribution >= 0.6 is 11.3 Å². The number of carbonyl (C=O) groups is 1. The van der Waals surface area contributed by atoms with Crippen molar-refractivity contribution in [2.24, 2.45) is 4.99 Å². The Morgan fingerprint density at radius 1 is 1.57 bits per heavy atom. The number of carboxylic acid groups (broad SMARTS) is 1. The van der Waals surface area contributed by atoms with E-state index < -0.39 is 5.97 Å². The maximum atomic E-state index is 10.8. The summed E-state index contributed by atoms with van der Waals surface area (Å²) in [7, 11) is 0. The highest BCUT2D eigenvalue weighted by molar-refractivity contribution is 7.12. The minimum Gasteiger partial charge on any atom is -0.478 e. The molecule has 4 heteroatoms. The maximum Gasteiger partial charge on any atom is 0.337 e. The van der Waals surface area contributed by atoms with E-state index in [0.29, 0.717) is 10.4 Å². The number of nitrogens with zero attached hydrogens (tertiary/aromatic N) is 1. The van der Waals surface area contributed by atoms with Gasteiger partial charge in [-0.2, -0.15) is 0 Å². The highest BCUT2D eigenvalue weighted by Gasteiger charge is 2.11. The molecule has 0 saturated heterocycles. The van der Waals surface area contributed by atoms with E-state index in [9.17, 15) is 4.79 Å². The fourth-order valence-electron chi connectivity index (χ4n) is 0.850. The third-order valence-electron chi connectivity index (χ3n) is 1.49. The summed E-state index contributed by atoms with van der Waals surface area (Å²) in [4.78, 5) is 15.7. The summed E-state index contributed by atoms with van der Waals surface area (Å²) in [5.74, 6) is -0.901. The lowest BCUT2D eigenvalue weighted by atomic mass is 10.1. The fourth-order valence-corrected chi connectivity index (χ4v) is 1.60. The van der Waals surface area contributed by atoms with Gasteiger partial charge < -0.3 is 5.11 Å². The number of rotatable bonds is 2. The Morgan fingerprint density at radius 3 is 2.71 bits per heavy atom. The first kappa shape index (κ1) is 10.9. The van der Waals surface area contributed by atoms with Gasteiger partial charge >= 0.3 is 5.97 Å². The van der Waals surface area contributed by atoms with Gasteiger partial charge in [0.15, 0.2) is 0 Å². The van der Waals surface area contributed by atoms with Gasteiger partial charge in [-0.3, -0.25) is 4.99 Å². The summed E-state index contributed by atoms with van der Waals surface area (Å²) in [5.41, 5.74) is 0.155. The van der Waals surface area contributed by atoms with Crippen molar-refractivity contribution in [3.63, 3.8) is 0 Å². The Morgan fingerprint density at radius 2 is 2.21 bits per heavy atom. The smallest absolute Gasteiger partial charge is 0.337 e. The number of hydrogen-bond acceptors (Lipinski definition) is 3. The SMILES string of the molecule is CC(C)(C)N=Cc1sccc1C(=O)O. The second kappa shape index (κ2) is 3.92. The van der Waals surface area contributed by atoms with E-state index in [1.165, 1.54) is 11.3 Å². The molecule has 0 amide bonds. The normalized spacial score (nSPS) is 12.2. The number of aliphatic imine (C=N–C) groups is 1. The summed E-state index contributed by atoms with van der Waals surface area (Å²) >= 11 is 1.39. The van der Waals surface area contributed by atoms with Crippen LogP contribution in [0.2, 0.25) is 0 Å². The van der Waals surface area contributed by atoms with Gasteiger partial charge in [0.2, 0.25) is 0 Å². The van der Waals surface area contributed by atoms with Gasteiger partial charge in [0.25, 0.3) is 0 Å². The fraction of sp³-hybridized carbons (Fsp3) is 0.400. The molecule has 1 rings (SSSR count). The molecule has 0 aliphatic rings. The van der Waals surface area contributed by atoms with Crippen LogP contribution in [0.3, 0.4) is 0 Å². The van der Waals surface area contributed by atoms with Gasteiger partial charge in [-0.15, -0.1) is 11.3 Å². The zero-order valence-electron chi connectivity index (χ0n) is 8.44. The highest BCUT2D eigenvalue weighted by Crippen LogP contribution is 2.16. The van der Waals surface area contributed by atoms with Crippen LogP contribution in [0.15, 0.2) is 16.4 Å². The molecule has 3 nitrogen and oxygen atoms in total. The first-order valence-corrected chi connectivity index (χ1v) is 5.14. The van der Waals surface area contributed by atoms with Gasteiger partial charge in [0.1, 0.15) is 0 Å². The van der Waals surface area contributed by atoms with Crippen molar-refractivity contribution in [1.29, 1.82) is 0 Å².